The number of hydrazone groups is 1. The molecule has 0 saturated heterocycles. The summed E-state index contributed by atoms with van der Waals surface area (Å²) in [6.07, 6.45) is 1.51. The maximum absolute atomic E-state index is 9.32. The fraction of sp³-hybridized carbons (Fsp3) is 0.214. The summed E-state index contributed by atoms with van der Waals surface area (Å²) in [6.45, 7) is 3.85. The molecule has 0 aliphatic carbocycles. The van der Waals surface area contributed by atoms with Gasteiger partial charge in [0, 0.05) is 5.92 Å². The van der Waals surface area contributed by atoms with Gasteiger partial charge in [-0.1, -0.05) is 26.0 Å². The van der Waals surface area contributed by atoms with Gasteiger partial charge in [-0.15, -0.1) is 0 Å². The average Bonchev–Trinajstić information content (AvgIpc) is 2.82. The second-order valence-corrected chi connectivity index (χ2v) is 4.46. The van der Waals surface area contributed by atoms with Crippen molar-refractivity contribution in [1.29, 1.82) is 5.26 Å². The van der Waals surface area contributed by atoms with Crippen LogP contribution in [0.1, 0.15) is 36.9 Å². The van der Waals surface area contributed by atoms with Gasteiger partial charge in [-0.3, -0.25) is 0 Å². The highest BCUT2D eigenvalue weighted by Gasteiger charge is 2.14. The van der Waals surface area contributed by atoms with Crippen LogP contribution in [0.5, 0.6) is 5.75 Å². The van der Waals surface area contributed by atoms with Crippen molar-refractivity contribution < 1.29 is 9.52 Å². The third-order valence-corrected chi connectivity index (χ3v) is 2.49. The Morgan fingerprint density at radius 1 is 1.50 bits per heavy atom. The number of hydrogen-bond donors (Lipinski definition) is 2. The third-order valence-electron chi connectivity index (χ3n) is 2.49. The van der Waals surface area contributed by atoms with Crippen LogP contribution in [0, 0.1) is 11.3 Å². The van der Waals surface area contributed by atoms with Gasteiger partial charge in [-0.25, -0.2) is 10.4 Å². The Kier molecular flexibility index (Phi) is 4.01. The number of anilines is 1. The number of oxazole rings is 1. The molecule has 1 aromatic carbocycles. The van der Waals surface area contributed by atoms with E-state index in [-0.39, 0.29) is 23.2 Å². The SMILES string of the molecule is CC(C)c1nc(C#N)c(NN=Cc2cccc(O)c2)o1. The number of aromatic nitrogens is 1. The van der Waals surface area contributed by atoms with Gasteiger partial charge in [0.2, 0.25) is 11.6 Å². The van der Waals surface area contributed by atoms with Crippen molar-refractivity contribution in [2.45, 2.75) is 19.8 Å². The van der Waals surface area contributed by atoms with E-state index >= 15 is 0 Å². The third kappa shape index (κ3) is 3.14. The zero-order valence-corrected chi connectivity index (χ0v) is 11.2. The summed E-state index contributed by atoms with van der Waals surface area (Å²) in [5, 5.41) is 22.3. The van der Waals surface area contributed by atoms with Crippen LogP contribution in [0.2, 0.25) is 0 Å². The first-order chi connectivity index (χ1) is 9.60. The smallest absolute Gasteiger partial charge is 0.252 e. The van der Waals surface area contributed by atoms with E-state index in [1.165, 1.54) is 6.21 Å². The summed E-state index contributed by atoms with van der Waals surface area (Å²) in [6, 6.07) is 8.59. The number of benzene rings is 1. The van der Waals surface area contributed by atoms with Crippen LogP contribution in [0.4, 0.5) is 5.88 Å². The number of nitriles is 1. The highest BCUT2D eigenvalue weighted by atomic mass is 16.4. The molecule has 2 N–H and O–H groups in total. The molecule has 20 heavy (non-hydrogen) atoms. The highest BCUT2D eigenvalue weighted by molar-refractivity contribution is 5.80. The Labute approximate surface area is 116 Å². The minimum Gasteiger partial charge on any atom is -0.508 e. The normalized spacial score (nSPS) is 10.9. The van der Waals surface area contributed by atoms with Crippen molar-refractivity contribution in [3.05, 3.63) is 41.4 Å². The lowest BCUT2D eigenvalue weighted by molar-refractivity contribution is 0.475. The molecule has 1 aromatic heterocycles. The van der Waals surface area contributed by atoms with Gasteiger partial charge in [-0.2, -0.15) is 10.4 Å². The average molecular weight is 270 g/mol. The van der Waals surface area contributed by atoms with Crippen LogP contribution in [-0.2, 0) is 0 Å². The summed E-state index contributed by atoms with van der Waals surface area (Å²) in [4.78, 5) is 4.06. The molecule has 0 aliphatic heterocycles. The molecule has 0 fully saturated rings. The predicted octanol–water partition coefficient (Wildman–Crippen LogP) is 2.82. The van der Waals surface area contributed by atoms with Crippen LogP contribution < -0.4 is 5.43 Å². The van der Waals surface area contributed by atoms with Crippen molar-refractivity contribution in [2.24, 2.45) is 5.10 Å². The summed E-state index contributed by atoms with van der Waals surface area (Å²) < 4.78 is 5.42. The van der Waals surface area contributed by atoms with Crippen LogP contribution in [0.25, 0.3) is 0 Å². The molecular formula is C14H14N4O2. The molecule has 0 amide bonds. The van der Waals surface area contributed by atoms with Crippen molar-refractivity contribution in [3.63, 3.8) is 0 Å². The Morgan fingerprint density at radius 3 is 2.95 bits per heavy atom. The molecule has 0 spiro atoms. The van der Waals surface area contributed by atoms with E-state index in [0.717, 1.165) is 5.56 Å². The van der Waals surface area contributed by atoms with Gasteiger partial charge in [0.1, 0.15) is 11.8 Å². The first-order valence-corrected chi connectivity index (χ1v) is 6.09. The Hall–Kier alpha value is -2.81. The number of rotatable bonds is 4. The van der Waals surface area contributed by atoms with Gasteiger partial charge >= 0.3 is 0 Å². The Morgan fingerprint density at radius 2 is 2.30 bits per heavy atom. The highest BCUT2D eigenvalue weighted by Crippen LogP contribution is 2.22. The minimum absolute atomic E-state index is 0.0905. The second-order valence-electron chi connectivity index (χ2n) is 4.46. The molecule has 0 aliphatic rings. The fourth-order valence-electron chi connectivity index (χ4n) is 1.51. The topological polar surface area (TPSA) is 94.4 Å². The maximum atomic E-state index is 9.32. The van der Waals surface area contributed by atoms with Crippen LogP contribution in [-0.4, -0.2) is 16.3 Å². The van der Waals surface area contributed by atoms with Crippen LogP contribution >= 0.6 is 0 Å². The van der Waals surface area contributed by atoms with Crippen molar-refractivity contribution in [2.75, 3.05) is 5.43 Å². The van der Waals surface area contributed by atoms with E-state index in [1.54, 1.807) is 24.3 Å². The quantitative estimate of drug-likeness (QED) is 0.658. The van der Waals surface area contributed by atoms with Gasteiger partial charge in [0.15, 0.2) is 0 Å². The van der Waals surface area contributed by atoms with E-state index < -0.39 is 0 Å². The summed E-state index contributed by atoms with van der Waals surface area (Å²) >= 11 is 0. The van der Waals surface area contributed by atoms with E-state index in [9.17, 15) is 5.11 Å². The van der Waals surface area contributed by atoms with E-state index in [2.05, 4.69) is 15.5 Å². The summed E-state index contributed by atoms with van der Waals surface area (Å²) in [5.74, 6) is 0.949. The summed E-state index contributed by atoms with van der Waals surface area (Å²) in [5.41, 5.74) is 3.53. The fourth-order valence-corrected chi connectivity index (χ4v) is 1.51. The zero-order chi connectivity index (χ0) is 14.5. The zero-order valence-electron chi connectivity index (χ0n) is 11.2. The summed E-state index contributed by atoms with van der Waals surface area (Å²) in [7, 11) is 0. The Balaban J connectivity index is 2.13. The molecule has 6 nitrogen and oxygen atoms in total. The van der Waals surface area contributed by atoms with E-state index in [4.69, 9.17) is 9.68 Å². The van der Waals surface area contributed by atoms with Crippen LogP contribution in [0.3, 0.4) is 0 Å². The lowest BCUT2D eigenvalue weighted by Crippen LogP contribution is -1.91. The molecular weight excluding hydrogens is 256 g/mol. The molecule has 0 radical (unpaired) electrons. The molecule has 1 heterocycles. The van der Waals surface area contributed by atoms with Crippen molar-refractivity contribution >= 4 is 12.1 Å². The van der Waals surface area contributed by atoms with E-state index in [0.29, 0.717) is 5.89 Å². The number of nitrogens with zero attached hydrogens (tertiary/aromatic N) is 3. The number of nitrogens with one attached hydrogen (secondary N) is 1. The van der Waals surface area contributed by atoms with Gasteiger partial charge in [-0.05, 0) is 17.7 Å². The van der Waals surface area contributed by atoms with Gasteiger partial charge in [0.05, 0.1) is 6.21 Å². The van der Waals surface area contributed by atoms with Crippen molar-refractivity contribution in [1.82, 2.24) is 4.98 Å². The lowest BCUT2D eigenvalue weighted by Gasteiger charge is -1.97. The molecule has 2 aromatic rings. The Bertz CT molecular complexity index is 668. The van der Waals surface area contributed by atoms with Gasteiger partial charge in [0.25, 0.3) is 5.88 Å². The first-order valence-electron chi connectivity index (χ1n) is 6.09. The van der Waals surface area contributed by atoms with Crippen LogP contribution in [0.15, 0.2) is 33.8 Å². The second kappa shape index (κ2) is 5.89. The number of hydrogen-bond acceptors (Lipinski definition) is 6. The molecule has 2 rings (SSSR count). The lowest BCUT2D eigenvalue weighted by atomic mass is 10.2. The number of aromatic hydroxyl groups is 1. The first kappa shape index (κ1) is 13.6. The maximum Gasteiger partial charge on any atom is 0.252 e. The number of phenols is 1. The molecule has 0 bridgehead atoms. The van der Waals surface area contributed by atoms with Crippen molar-refractivity contribution in [3.8, 4) is 11.8 Å². The molecule has 0 atom stereocenters. The number of phenolic OH excluding ortho intramolecular Hbond substituents is 1. The minimum atomic E-state index is 0.0905. The van der Waals surface area contributed by atoms with Gasteiger partial charge < -0.3 is 9.52 Å². The van der Waals surface area contributed by atoms with E-state index in [1.807, 2.05) is 19.9 Å². The molecule has 6 heteroatoms. The standard InChI is InChI=1S/C14H14N4O2/c1-9(2)13-17-12(7-15)14(20-13)18-16-8-10-4-3-5-11(19)6-10/h3-6,8-9,18-19H,1-2H3. The monoisotopic (exact) mass is 270 g/mol. The molecule has 0 saturated carbocycles. The molecule has 0 unspecified atom stereocenters. The predicted molar refractivity (Wildman–Crippen MR) is 74.6 cm³/mol. The largest absolute Gasteiger partial charge is 0.508 e. The molecule has 102 valence electrons.